The first kappa shape index (κ1) is 23.6. The number of hydrogen-bond donors (Lipinski definition) is 2. The second-order valence-electron chi connectivity index (χ2n) is 9.30. The molecule has 1 saturated heterocycles. The zero-order chi connectivity index (χ0) is 23.4. The van der Waals surface area contributed by atoms with Crippen molar-refractivity contribution >= 4 is 11.7 Å². The Balaban J connectivity index is 1.70. The van der Waals surface area contributed by atoms with Crippen molar-refractivity contribution in [2.75, 3.05) is 25.6 Å². The summed E-state index contributed by atoms with van der Waals surface area (Å²) in [6.07, 6.45) is 5.81. The van der Waals surface area contributed by atoms with Crippen LogP contribution in [0.25, 0.3) is 11.1 Å². The fourth-order valence-corrected chi connectivity index (χ4v) is 5.14. The highest BCUT2D eigenvalue weighted by molar-refractivity contribution is 5.84. The molecular weight excluding hydrogens is 418 g/mol. The van der Waals surface area contributed by atoms with E-state index in [1.807, 2.05) is 13.0 Å². The van der Waals surface area contributed by atoms with E-state index in [-0.39, 0.29) is 0 Å². The van der Waals surface area contributed by atoms with Gasteiger partial charge in [0.05, 0.1) is 19.8 Å². The van der Waals surface area contributed by atoms with Crippen molar-refractivity contribution in [1.29, 1.82) is 0 Å². The van der Waals surface area contributed by atoms with Crippen molar-refractivity contribution in [3.63, 3.8) is 0 Å². The summed E-state index contributed by atoms with van der Waals surface area (Å²) < 4.78 is 17.4. The molecule has 6 nitrogen and oxygen atoms in total. The van der Waals surface area contributed by atoms with Gasteiger partial charge in [-0.05, 0) is 66.6 Å². The van der Waals surface area contributed by atoms with Crippen molar-refractivity contribution < 1.29 is 24.1 Å². The van der Waals surface area contributed by atoms with Crippen molar-refractivity contribution in [1.82, 2.24) is 0 Å². The Kier molecular flexibility index (Phi) is 7.25. The first-order valence-corrected chi connectivity index (χ1v) is 11.9. The molecule has 2 aromatic carbocycles. The highest BCUT2D eigenvalue weighted by atomic mass is 16.5. The zero-order valence-corrected chi connectivity index (χ0v) is 19.9. The fraction of sp³-hybridized carbons (Fsp3) is 0.519. The lowest BCUT2D eigenvalue weighted by Crippen LogP contribution is -2.50. The Morgan fingerprint density at radius 3 is 2.48 bits per heavy atom. The van der Waals surface area contributed by atoms with Crippen LogP contribution in [0.1, 0.15) is 55.2 Å². The summed E-state index contributed by atoms with van der Waals surface area (Å²) in [5, 5.41) is 13.3. The maximum absolute atomic E-state index is 12.1. The second kappa shape index (κ2) is 10.1. The van der Waals surface area contributed by atoms with E-state index in [1.54, 1.807) is 7.11 Å². The van der Waals surface area contributed by atoms with E-state index >= 15 is 0 Å². The van der Waals surface area contributed by atoms with Crippen LogP contribution in [0.3, 0.4) is 0 Å². The van der Waals surface area contributed by atoms with Gasteiger partial charge in [0.15, 0.2) is 0 Å². The molecule has 4 rings (SSSR count). The van der Waals surface area contributed by atoms with Crippen LogP contribution in [-0.4, -0.2) is 43.0 Å². The zero-order valence-electron chi connectivity index (χ0n) is 19.9. The Bertz CT molecular complexity index is 990. The van der Waals surface area contributed by atoms with Crippen LogP contribution in [0.15, 0.2) is 30.3 Å². The van der Waals surface area contributed by atoms with Gasteiger partial charge in [-0.2, -0.15) is 0 Å². The molecule has 0 amide bonds. The molecule has 1 saturated carbocycles. The van der Waals surface area contributed by atoms with Gasteiger partial charge in [0, 0.05) is 31.7 Å². The first-order valence-electron chi connectivity index (χ1n) is 11.9. The smallest absolute Gasteiger partial charge is 0.329 e. The summed E-state index contributed by atoms with van der Waals surface area (Å²) >= 11 is 0. The molecule has 1 aliphatic heterocycles. The molecule has 1 aliphatic carbocycles. The average molecular weight is 454 g/mol. The number of anilines is 1. The number of aryl methyl sites for hydroxylation is 1. The third-order valence-corrected chi connectivity index (χ3v) is 7.12. The molecule has 0 unspecified atom stereocenters. The number of benzene rings is 2. The van der Waals surface area contributed by atoms with Gasteiger partial charge >= 0.3 is 5.97 Å². The van der Waals surface area contributed by atoms with Gasteiger partial charge < -0.3 is 24.6 Å². The monoisotopic (exact) mass is 453 g/mol. The molecule has 2 N–H and O–H groups in total. The summed E-state index contributed by atoms with van der Waals surface area (Å²) in [5.74, 6) is 0.0575. The molecular formula is C27H35NO5. The summed E-state index contributed by atoms with van der Waals surface area (Å²) in [4.78, 5) is 12.1. The van der Waals surface area contributed by atoms with E-state index in [4.69, 9.17) is 14.2 Å². The molecule has 0 bridgehead atoms. The lowest BCUT2D eigenvalue weighted by atomic mass is 9.89. The van der Waals surface area contributed by atoms with Crippen molar-refractivity contribution in [3.05, 3.63) is 47.0 Å². The largest absolute Gasteiger partial charge is 0.496 e. The molecule has 2 aromatic rings. The number of nitrogens with one attached hydrogen (secondary N) is 1. The summed E-state index contributed by atoms with van der Waals surface area (Å²) in [6.45, 7) is 5.51. The van der Waals surface area contributed by atoms with Crippen LogP contribution in [0.2, 0.25) is 0 Å². The lowest BCUT2D eigenvalue weighted by molar-refractivity contribution is -0.145. The van der Waals surface area contributed by atoms with Crippen LogP contribution >= 0.6 is 0 Å². The SMILES string of the molecule is COc1c(C)ccc(-c2ccc(NC3(C(=O)O)CCOCC3)cc2COC2CCCC2)c1C. The van der Waals surface area contributed by atoms with Crippen molar-refractivity contribution in [2.45, 2.75) is 70.6 Å². The van der Waals surface area contributed by atoms with Gasteiger partial charge in [0.2, 0.25) is 0 Å². The molecule has 33 heavy (non-hydrogen) atoms. The van der Waals surface area contributed by atoms with Crippen LogP contribution in [0.4, 0.5) is 5.69 Å². The average Bonchev–Trinajstić information content (AvgIpc) is 3.33. The minimum Gasteiger partial charge on any atom is -0.496 e. The number of hydrogen-bond acceptors (Lipinski definition) is 5. The topological polar surface area (TPSA) is 77.0 Å². The van der Waals surface area contributed by atoms with Crippen LogP contribution in [0.5, 0.6) is 5.75 Å². The highest BCUT2D eigenvalue weighted by Crippen LogP contribution is 2.37. The standard InChI is InChI=1S/C27H35NO5/c1-18-8-10-23(19(2)25(18)31-3)24-11-9-21(16-20(24)17-33-22-6-4-5-7-22)28-27(26(29)30)12-14-32-15-13-27/h8-11,16,22,28H,4-7,12-15,17H2,1-3H3,(H,29,30). The number of carbonyl (C=O) groups is 1. The number of carboxylic acid groups (broad SMARTS) is 1. The van der Waals surface area contributed by atoms with E-state index < -0.39 is 11.5 Å². The second-order valence-corrected chi connectivity index (χ2v) is 9.30. The highest BCUT2D eigenvalue weighted by Gasteiger charge is 2.40. The van der Waals surface area contributed by atoms with Crippen LogP contribution < -0.4 is 10.1 Å². The number of carboxylic acids is 1. The van der Waals surface area contributed by atoms with E-state index in [1.165, 1.54) is 12.8 Å². The van der Waals surface area contributed by atoms with Gasteiger partial charge in [-0.3, -0.25) is 0 Å². The molecule has 2 fully saturated rings. The maximum atomic E-state index is 12.1. The number of methoxy groups -OCH3 is 1. The van der Waals surface area contributed by atoms with Crippen LogP contribution in [-0.2, 0) is 20.9 Å². The molecule has 178 valence electrons. The lowest BCUT2D eigenvalue weighted by Gasteiger charge is -2.35. The minimum atomic E-state index is -1.01. The Morgan fingerprint density at radius 1 is 1.12 bits per heavy atom. The molecule has 6 heteroatoms. The molecule has 0 aromatic heterocycles. The summed E-state index contributed by atoms with van der Waals surface area (Å²) in [7, 11) is 1.70. The predicted octanol–water partition coefficient (Wildman–Crippen LogP) is 5.48. The van der Waals surface area contributed by atoms with Gasteiger partial charge in [0.1, 0.15) is 11.3 Å². The molecule has 0 spiro atoms. The van der Waals surface area contributed by atoms with Crippen molar-refractivity contribution in [2.24, 2.45) is 0 Å². The van der Waals surface area contributed by atoms with Gasteiger partial charge in [0.25, 0.3) is 0 Å². The third-order valence-electron chi connectivity index (χ3n) is 7.12. The third kappa shape index (κ3) is 5.02. The van der Waals surface area contributed by atoms with E-state index in [2.05, 4.69) is 36.5 Å². The molecule has 0 atom stereocenters. The number of ether oxygens (including phenoxy) is 3. The van der Waals surface area contributed by atoms with Gasteiger partial charge in [-0.15, -0.1) is 0 Å². The maximum Gasteiger partial charge on any atom is 0.329 e. The quantitative estimate of drug-likeness (QED) is 0.551. The fourth-order valence-electron chi connectivity index (χ4n) is 5.14. The van der Waals surface area contributed by atoms with E-state index in [9.17, 15) is 9.90 Å². The minimum absolute atomic E-state index is 0.295. The number of aliphatic carboxylic acids is 1. The Hall–Kier alpha value is -2.57. The molecule has 1 heterocycles. The number of rotatable bonds is 8. The molecule has 2 aliphatic rings. The molecule has 0 radical (unpaired) electrons. The van der Waals surface area contributed by atoms with E-state index in [0.717, 1.165) is 52.1 Å². The summed E-state index contributed by atoms with van der Waals surface area (Å²) in [5.41, 5.74) is 5.22. The van der Waals surface area contributed by atoms with Crippen molar-refractivity contribution in [3.8, 4) is 16.9 Å². The normalized spacial score (nSPS) is 18.3. The predicted molar refractivity (Wildman–Crippen MR) is 129 cm³/mol. The summed E-state index contributed by atoms with van der Waals surface area (Å²) in [6, 6.07) is 10.3. The van der Waals surface area contributed by atoms with E-state index in [0.29, 0.717) is 38.8 Å². The van der Waals surface area contributed by atoms with Crippen LogP contribution in [0, 0.1) is 13.8 Å². The first-order chi connectivity index (χ1) is 15.9. The van der Waals surface area contributed by atoms with Gasteiger partial charge in [-0.25, -0.2) is 4.79 Å². The Labute approximate surface area is 196 Å². The Morgan fingerprint density at radius 2 is 1.82 bits per heavy atom. The van der Waals surface area contributed by atoms with Gasteiger partial charge in [-0.1, -0.05) is 31.0 Å².